The van der Waals surface area contributed by atoms with Crippen molar-refractivity contribution in [2.75, 3.05) is 5.32 Å². The summed E-state index contributed by atoms with van der Waals surface area (Å²) >= 11 is 1.29. The fourth-order valence-electron chi connectivity index (χ4n) is 1.76. The quantitative estimate of drug-likeness (QED) is 0.775. The summed E-state index contributed by atoms with van der Waals surface area (Å²) < 4.78 is 5.19. The van der Waals surface area contributed by atoms with Crippen molar-refractivity contribution in [2.24, 2.45) is 0 Å². The van der Waals surface area contributed by atoms with Gasteiger partial charge >= 0.3 is 0 Å². The van der Waals surface area contributed by atoms with Gasteiger partial charge in [0.05, 0.1) is 11.8 Å². The highest BCUT2D eigenvalue weighted by Gasteiger charge is 2.12. The fraction of sp³-hybridized carbons (Fsp3) is 0.0714. The van der Waals surface area contributed by atoms with Crippen molar-refractivity contribution in [2.45, 2.75) is 6.92 Å². The van der Waals surface area contributed by atoms with Crippen molar-refractivity contribution in [3.63, 3.8) is 0 Å². The Morgan fingerprint density at radius 1 is 1.38 bits per heavy atom. The van der Waals surface area contributed by atoms with Gasteiger partial charge in [-0.15, -0.1) is 10.2 Å². The first-order valence-corrected chi connectivity index (χ1v) is 7.04. The first-order valence-electron chi connectivity index (χ1n) is 6.23. The molecule has 0 atom stereocenters. The lowest BCUT2D eigenvalue weighted by Crippen LogP contribution is -2.12. The van der Waals surface area contributed by atoms with E-state index >= 15 is 0 Å². The summed E-state index contributed by atoms with van der Waals surface area (Å²) in [5.74, 6) is 0.533. The summed E-state index contributed by atoms with van der Waals surface area (Å²) in [6, 6.07) is 5.38. The lowest BCUT2D eigenvalue weighted by molar-refractivity contribution is 0.102. The second kappa shape index (κ2) is 5.76. The molecule has 0 fully saturated rings. The number of hydrogen-bond acceptors (Lipinski definition) is 5. The van der Waals surface area contributed by atoms with Crippen LogP contribution in [0.4, 0.5) is 5.13 Å². The SMILES string of the molecule is Cc1[nH]ccc1C(=O)Nc1nnc(/C=C/c2ccco2)s1. The van der Waals surface area contributed by atoms with E-state index in [1.54, 1.807) is 30.7 Å². The van der Waals surface area contributed by atoms with Gasteiger partial charge in [-0.25, -0.2) is 0 Å². The maximum absolute atomic E-state index is 12.0. The third-order valence-corrected chi connectivity index (χ3v) is 3.60. The highest BCUT2D eigenvalue weighted by atomic mass is 32.1. The van der Waals surface area contributed by atoms with Crippen molar-refractivity contribution in [1.82, 2.24) is 15.2 Å². The van der Waals surface area contributed by atoms with Crippen molar-refractivity contribution >= 4 is 34.5 Å². The number of aromatic amines is 1. The van der Waals surface area contributed by atoms with Gasteiger partial charge in [-0.1, -0.05) is 11.3 Å². The third-order valence-electron chi connectivity index (χ3n) is 2.79. The predicted molar refractivity (Wildman–Crippen MR) is 81.0 cm³/mol. The zero-order valence-corrected chi connectivity index (χ0v) is 12.0. The number of nitrogens with one attached hydrogen (secondary N) is 2. The van der Waals surface area contributed by atoms with Crippen LogP contribution >= 0.6 is 11.3 Å². The number of amides is 1. The predicted octanol–water partition coefficient (Wildman–Crippen LogP) is 3.19. The molecule has 0 aliphatic carbocycles. The number of furan rings is 1. The van der Waals surface area contributed by atoms with E-state index in [9.17, 15) is 4.79 Å². The number of rotatable bonds is 4. The Hall–Kier alpha value is -2.67. The maximum atomic E-state index is 12.0. The molecule has 2 N–H and O–H groups in total. The van der Waals surface area contributed by atoms with Crippen LogP contribution in [0.1, 0.15) is 26.8 Å². The summed E-state index contributed by atoms with van der Waals surface area (Å²) in [6.45, 7) is 1.84. The molecule has 106 valence electrons. The Morgan fingerprint density at radius 3 is 3.00 bits per heavy atom. The van der Waals surface area contributed by atoms with Crippen LogP contribution in [0.5, 0.6) is 0 Å². The van der Waals surface area contributed by atoms with Crippen molar-refractivity contribution in [1.29, 1.82) is 0 Å². The highest BCUT2D eigenvalue weighted by molar-refractivity contribution is 7.16. The van der Waals surface area contributed by atoms with Gasteiger partial charge in [0, 0.05) is 11.9 Å². The molecule has 0 aromatic carbocycles. The van der Waals surface area contributed by atoms with E-state index in [0.717, 1.165) is 11.5 Å². The second-order valence-corrected chi connectivity index (χ2v) is 5.27. The van der Waals surface area contributed by atoms with Crippen molar-refractivity contribution < 1.29 is 9.21 Å². The highest BCUT2D eigenvalue weighted by Crippen LogP contribution is 2.19. The minimum Gasteiger partial charge on any atom is -0.465 e. The summed E-state index contributed by atoms with van der Waals surface area (Å²) in [7, 11) is 0. The van der Waals surface area contributed by atoms with Gasteiger partial charge in [0.15, 0.2) is 0 Å². The number of aromatic nitrogens is 3. The summed E-state index contributed by atoms with van der Waals surface area (Å²) in [5, 5.41) is 11.8. The monoisotopic (exact) mass is 300 g/mol. The number of carbonyl (C=O) groups is 1. The van der Waals surface area contributed by atoms with Crippen LogP contribution in [-0.2, 0) is 0 Å². The number of aryl methyl sites for hydroxylation is 1. The molecular formula is C14H12N4O2S. The Bertz CT molecular complexity index is 771. The van der Waals surface area contributed by atoms with Crippen LogP contribution in [0.2, 0.25) is 0 Å². The topological polar surface area (TPSA) is 83.8 Å². The zero-order valence-electron chi connectivity index (χ0n) is 11.2. The van der Waals surface area contributed by atoms with E-state index < -0.39 is 0 Å². The van der Waals surface area contributed by atoms with Crippen LogP contribution in [-0.4, -0.2) is 21.1 Å². The normalized spacial score (nSPS) is 11.1. The molecule has 3 heterocycles. The van der Waals surface area contributed by atoms with Crippen LogP contribution in [0.25, 0.3) is 12.2 Å². The number of hydrogen-bond donors (Lipinski definition) is 2. The van der Waals surface area contributed by atoms with Gasteiger partial charge in [-0.05, 0) is 37.3 Å². The summed E-state index contributed by atoms with van der Waals surface area (Å²) in [4.78, 5) is 15.0. The molecule has 0 unspecified atom stereocenters. The van der Waals surface area contributed by atoms with E-state index in [2.05, 4.69) is 20.5 Å². The van der Waals surface area contributed by atoms with E-state index in [0.29, 0.717) is 15.7 Å². The van der Waals surface area contributed by atoms with Crippen LogP contribution in [0.15, 0.2) is 35.1 Å². The van der Waals surface area contributed by atoms with Gasteiger partial charge in [-0.3, -0.25) is 10.1 Å². The first-order chi connectivity index (χ1) is 10.2. The molecule has 3 aromatic heterocycles. The average Bonchev–Trinajstić information content (AvgIpc) is 3.17. The number of carbonyl (C=O) groups excluding carboxylic acids is 1. The molecule has 0 spiro atoms. The van der Waals surface area contributed by atoms with E-state index in [1.165, 1.54) is 11.3 Å². The molecule has 0 bridgehead atoms. The summed E-state index contributed by atoms with van der Waals surface area (Å²) in [6.07, 6.45) is 6.91. The van der Waals surface area contributed by atoms with Crippen molar-refractivity contribution in [3.05, 3.63) is 52.7 Å². The smallest absolute Gasteiger partial charge is 0.259 e. The minimum atomic E-state index is -0.202. The minimum absolute atomic E-state index is 0.202. The fourth-order valence-corrected chi connectivity index (χ4v) is 2.40. The Balaban J connectivity index is 1.68. The Kier molecular flexibility index (Phi) is 3.65. The summed E-state index contributed by atoms with van der Waals surface area (Å²) in [5.41, 5.74) is 1.41. The van der Waals surface area contributed by atoms with Gasteiger partial charge in [0.2, 0.25) is 5.13 Å². The molecule has 0 saturated heterocycles. The van der Waals surface area contributed by atoms with E-state index in [1.807, 2.05) is 19.1 Å². The van der Waals surface area contributed by atoms with Gasteiger partial charge in [-0.2, -0.15) is 0 Å². The first kappa shape index (κ1) is 13.3. The second-order valence-electron chi connectivity index (χ2n) is 4.26. The van der Waals surface area contributed by atoms with Crippen LogP contribution in [0, 0.1) is 6.92 Å². The van der Waals surface area contributed by atoms with Gasteiger partial charge in [0.25, 0.3) is 5.91 Å². The average molecular weight is 300 g/mol. The molecule has 3 aromatic rings. The molecule has 1 amide bonds. The molecule has 6 nitrogen and oxygen atoms in total. The Labute approximate surface area is 124 Å². The molecule has 0 aliphatic rings. The van der Waals surface area contributed by atoms with E-state index in [4.69, 9.17) is 4.42 Å². The maximum Gasteiger partial charge on any atom is 0.259 e. The number of anilines is 1. The molecule has 21 heavy (non-hydrogen) atoms. The van der Waals surface area contributed by atoms with Crippen LogP contribution < -0.4 is 5.32 Å². The standard InChI is InChI=1S/C14H12N4O2S/c1-9-11(6-7-15-9)13(19)16-14-18-17-12(21-14)5-4-10-3-2-8-20-10/h2-8,15H,1H3,(H,16,18,19)/b5-4+. The molecular weight excluding hydrogens is 288 g/mol. The zero-order chi connectivity index (χ0) is 14.7. The Morgan fingerprint density at radius 2 is 2.29 bits per heavy atom. The molecule has 0 radical (unpaired) electrons. The molecule has 0 saturated carbocycles. The number of nitrogens with zero attached hydrogens (tertiary/aromatic N) is 2. The third kappa shape index (κ3) is 3.09. The number of H-pyrrole nitrogens is 1. The molecule has 3 rings (SSSR count). The van der Waals surface area contributed by atoms with Gasteiger partial charge in [0.1, 0.15) is 10.8 Å². The lowest BCUT2D eigenvalue weighted by Gasteiger charge is -1.99. The van der Waals surface area contributed by atoms with Gasteiger partial charge < -0.3 is 9.40 Å². The van der Waals surface area contributed by atoms with E-state index in [-0.39, 0.29) is 5.91 Å². The van der Waals surface area contributed by atoms with Crippen LogP contribution in [0.3, 0.4) is 0 Å². The largest absolute Gasteiger partial charge is 0.465 e. The molecule has 7 heteroatoms. The lowest BCUT2D eigenvalue weighted by atomic mass is 10.2. The molecule has 0 aliphatic heterocycles. The van der Waals surface area contributed by atoms with Crippen molar-refractivity contribution in [3.8, 4) is 0 Å².